The van der Waals surface area contributed by atoms with Crippen molar-refractivity contribution in [1.29, 1.82) is 0 Å². The normalized spacial score (nSPS) is 17.4. The van der Waals surface area contributed by atoms with Crippen LogP contribution in [0.3, 0.4) is 0 Å². The second-order valence-corrected chi connectivity index (χ2v) is 18.4. The molecule has 0 N–H and O–H groups in total. The largest absolute Gasteiger partial charge is 0.309 e. The molecule has 0 aliphatic carbocycles. The van der Waals surface area contributed by atoms with Gasteiger partial charge in [0.25, 0.3) is 0 Å². The summed E-state index contributed by atoms with van der Waals surface area (Å²) in [6.45, 7) is 0. The Labute approximate surface area is 403 Å². The van der Waals surface area contributed by atoms with Gasteiger partial charge in [-0.25, -0.2) is 0 Å². The molecule has 0 atom stereocenters. The Morgan fingerprint density at radius 3 is 1.17 bits per heavy atom. The van der Waals surface area contributed by atoms with Crippen LogP contribution in [-0.2, 0) is 0 Å². The molecular formula is C60H42N2Si. The van der Waals surface area contributed by atoms with E-state index in [0.29, 0.717) is 20.7 Å². The minimum Gasteiger partial charge on any atom is -0.309 e. The van der Waals surface area contributed by atoms with E-state index in [9.17, 15) is 16.4 Å². The van der Waals surface area contributed by atoms with Gasteiger partial charge < -0.3 is 9.13 Å². The number of aromatic nitrogens is 2. The van der Waals surface area contributed by atoms with E-state index in [2.05, 4.69) is 0 Å². The van der Waals surface area contributed by atoms with Crippen LogP contribution >= 0.6 is 0 Å². The van der Waals surface area contributed by atoms with Crippen molar-refractivity contribution in [3.63, 3.8) is 0 Å². The third-order valence-corrected chi connectivity index (χ3v) is 16.1. The molecule has 2 nitrogen and oxygen atoms in total. The molecule has 0 spiro atoms. The Bertz CT molecular complexity index is 4770. The lowest BCUT2D eigenvalue weighted by Gasteiger charge is -2.36. The zero-order chi connectivity index (χ0) is 63.5. The summed E-state index contributed by atoms with van der Waals surface area (Å²) < 4.78 is 235. The Balaban J connectivity index is 1.42. The van der Waals surface area contributed by atoms with Crippen molar-refractivity contribution in [2.24, 2.45) is 0 Å². The first-order chi connectivity index (χ1) is 41.7. The van der Waals surface area contributed by atoms with Crippen LogP contribution in [0.4, 0.5) is 0 Å². The lowest BCUT2D eigenvalue weighted by atomic mass is 9.95. The molecule has 0 aliphatic heterocycles. The molecule has 3 heteroatoms. The van der Waals surface area contributed by atoms with Gasteiger partial charge in [0.1, 0.15) is 0 Å². The molecule has 0 saturated heterocycles. The van der Waals surface area contributed by atoms with Crippen molar-refractivity contribution < 1.29 is 34.3 Å². The third kappa shape index (κ3) is 5.85. The van der Waals surface area contributed by atoms with Crippen molar-refractivity contribution in [3.8, 4) is 33.6 Å². The Morgan fingerprint density at radius 1 is 0.333 bits per heavy atom. The van der Waals surface area contributed by atoms with E-state index < -0.39 is 225 Å². The zero-order valence-corrected chi connectivity index (χ0v) is 33.7. The molecule has 2 heterocycles. The van der Waals surface area contributed by atoms with Crippen molar-refractivity contribution in [2.75, 3.05) is 0 Å². The van der Waals surface area contributed by atoms with E-state index >= 15 is 0 Å². The highest BCUT2D eigenvalue weighted by atomic mass is 28.3. The second kappa shape index (κ2) is 15.2. The molecule has 10 aromatic carbocycles. The van der Waals surface area contributed by atoms with Gasteiger partial charge in [-0.1, -0.05) is 218 Å². The molecule has 296 valence electrons. The van der Waals surface area contributed by atoms with E-state index in [4.69, 9.17) is 17.8 Å². The number of fused-ring (bicyclic) bond motifs is 6. The lowest BCUT2D eigenvalue weighted by molar-refractivity contribution is 1.17. The van der Waals surface area contributed by atoms with Crippen LogP contribution in [0, 0.1) is 0 Å². The smallest absolute Gasteiger partial charge is 0.179 e. The number of nitrogens with zero attached hydrogens (tertiary/aromatic N) is 2. The first kappa shape index (κ1) is 19.4. The van der Waals surface area contributed by atoms with Crippen LogP contribution in [-0.4, -0.2) is 17.2 Å². The van der Waals surface area contributed by atoms with Crippen LogP contribution in [0.2, 0.25) is 0 Å². The number of rotatable bonds is 8. The van der Waals surface area contributed by atoms with Crippen LogP contribution in [0.5, 0.6) is 0 Å². The number of para-hydroxylation sites is 3. The van der Waals surface area contributed by atoms with Gasteiger partial charge in [-0.15, -0.1) is 0 Å². The average Bonchev–Trinajstić information content (AvgIpc) is 1.47. The number of hydrogen-bond donors (Lipinski definition) is 0. The first-order valence-corrected chi connectivity index (χ1v) is 21.7. The maximum atomic E-state index is 10.4. The van der Waals surface area contributed by atoms with E-state index in [1.54, 1.807) is 54.6 Å². The maximum Gasteiger partial charge on any atom is 0.179 e. The standard InChI is InChI=1S/C60H42N2Si/c1-6-22-43(23-7-1)53-41-49(63(46-26-10-3-11-27-46,47-28-12-4-13-29-47)48-30-14-5-15-31-48)42-54(44-24-8-2-9-25-44)60(53)62-58-37-21-18-34-52(58)55-40-45(38-39-59(55)62)61-56-35-19-16-32-50(56)51-33-17-20-36-57(51)61/h1-42H/i1D,2D,6D,7D,8D,9D,16D,17D,18D,19D,20D,21D,22D,23D,24D,25D,32D,33D,34D,35D,36D,37D,38D,39D,40D. The molecule has 12 rings (SSSR count). The first-order valence-electron chi connectivity index (χ1n) is 32.2. The van der Waals surface area contributed by atoms with Gasteiger partial charge >= 0.3 is 0 Å². The highest BCUT2D eigenvalue weighted by Gasteiger charge is 2.42. The van der Waals surface area contributed by atoms with Crippen molar-refractivity contribution >= 4 is 72.4 Å². The summed E-state index contributed by atoms with van der Waals surface area (Å²) in [6.07, 6.45) is 0. The SMILES string of the molecule is [2H]c1c([2H])c([2H])c(-c2cc([Si](c3ccccc3)(c3ccccc3)c3ccccc3)cc(-c3c([2H])c([2H])c([2H])c([2H])c3[2H])c2-n2c3c([2H])c([2H])c([2H])c([2H])c3c3c([2H])c(-n4c5c([2H])c([2H])c([2H])c([2H])c5c5c([2H])c([2H])c([2H])c([2H])c54)c([2H])c([2H])c32)c([2H])c1[2H]. The van der Waals surface area contributed by atoms with Gasteiger partial charge in [0.15, 0.2) is 8.07 Å². The second-order valence-electron chi connectivity index (χ2n) is 14.6. The fourth-order valence-corrected chi connectivity index (χ4v) is 13.6. The summed E-state index contributed by atoms with van der Waals surface area (Å²) >= 11 is 0. The number of hydrogen-bond acceptors (Lipinski definition) is 0. The monoisotopic (exact) mass is 843 g/mol. The summed E-state index contributed by atoms with van der Waals surface area (Å²) in [6, 6.07) is 9.23. The summed E-state index contributed by atoms with van der Waals surface area (Å²) in [7, 11) is -4.02. The van der Waals surface area contributed by atoms with Gasteiger partial charge in [0, 0.05) is 38.4 Å². The highest BCUT2D eigenvalue weighted by molar-refractivity contribution is 7.20. The molecule has 63 heavy (non-hydrogen) atoms. The van der Waals surface area contributed by atoms with E-state index in [1.807, 2.05) is 36.4 Å². The molecule has 0 aliphatic rings. The Kier molecular flexibility index (Phi) is 4.67. The van der Waals surface area contributed by atoms with Crippen molar-refractivity contribution in [2.45, 2.75) is 0 Å². The predicted octanol–water partition coefficient (Wildman–Crippen LogP) is 12.6. The van der Waals surface area contributed by atoms with E-state index in [-0.39, 0.29) is 11.1 Å². The summed E-state index contributed by atoms with van der Waals surface area (Å²) in [4.78, 5) is 0. The van der Waals surface area contributed by atoms with Crippen LogP contribution in [0.25, 0.3) is 77.2 Å². The molecular weight excluding hydrogens is 777 g/mol. The van der Waals surface area contributed by atoms with Crippen molar-refractivity contribution in [1.82, 2.24) is 9.13 Å². The average molecular weight is 844 g/mol. The van der Waals surface area contributed by atoms with Crippen LogP contribution in [0.1, 0.15) is 34.3 Å². The fraction of sp³-hybridized carbons (Fsp3) is 0. The van der Waals surface area contributed by atoms with Gasteiger partial charge in [0.05, 0.1) is 62.0 Å². The van der Waals surface area contributed by atoms with E-state index in [0.717, 1.165) is 9.13 Å². The molecule has 12 aromatic rings. The zero-order valence-electron chi connectivity index (χ0n) is 57.7. The Morgan fingerprint density at radius 2 is 0.714 bits per heavy atom. The molecule has 0 unspecified atom stereocenters. The van der Waals surface area contributed by atoms with Crippen molar-refractivity contribution in [3.05, 3.63) is 254 Å². The van der Waals surface area contributed by atoms with Crippen LogP contribution in [0.15, 0.2) is 254 Å². The summed E-state index contributed by atoms with van der Waals surface area (Å²) in [5.41, 5.74) is -5.49. The highest BCUT2D eigenvalue weighted by Crippen LogP contribution is 2.42. The molecule has 0 bridgehead atoms. The van der Waals surface area contributed by atoms with Gasteiger partial charge in [-0.05, 0) is 68.1 Å². The molecule has 0 amide bonds. The Hall–Kier alpha value is -7.98. The van der Waals surface area contributed by atoms with Gasteiger partial charge in [-0.2, -0.15) is 0 Å². The molecule has 2 aromatic heterocycles. The van der Waals surface area contributed by atoms with Crippen LogP contribution < -0.4 is 20.7 Å². The topological polar surface area (TPSA) is 9.86 Å². The number of benzene rings is 10. The maximum absolute atomic E-state index is 10.4. The van der Waals surface area contributed by atoms with Gasteiger partial charge in [-0.3, -0.25) is 0 Å². The van der Waals surface area contributed by atoms with E-state index in [1.165, 1.54) is 12.1 Å². The minimum atomic E-state index is -4.02. The summed E-state index contributed by atoms with van der Waals surface area (Å²) in [5.74, 6) is 0. The molecule has 0 saturated carbocycles. The molecule has 0 fully saturated rings. The lowest BCUT2D eigenvalue weighted by Crippen LogP contribution is -2.74. The molecule has 0 radical (unpaired) electrons. The minimum absolute atomic E-state index is 0.308. The predicted molar refractivity (Wildman–Crippen MR) is 270 cm³/mol. The third-order valence-electron chi connectivity index (χ3n) is 11.3. The quantitative estimate of drug-likeness (QED) is 0.107. The summed E-state index contributed by atoms with van der Waals surface area (Å²) in [5, 5.41) is 0.360. The van der Waals surface area contributed by atoms with Gasteiger partial charge in [0.2, 0.25) is 0 Å². The fourth-order valence-electron chi connectivity index (χ4n) is 8.79.